The van der Waals surface area contributed by atoms with Crippen LogP contribution < -0.4 is 10.2 Å². The summed E-state index contributed by atoms with van der Waals surface area (Å²) in [5.74, 6) is 1.01. The molecule has 1 aliphatic rings. The Morgan fingerprint density at radius 3 is 2.75 bits per heavy atom. The first-order valence-corrected chi connectivity index (χ1v) is 5.50. The Balaban J connectivity index is 0.00000128. The van der Waals surface area contributed by atoms with E-state index in [1.54, 1.807) is 12.4 Å². The fraction of sp³-hybridized carbons (Fsp3) is 0.636. The van der Waals surface area contributed by atoms with Gasteiger partial charge in [-0.1, -0.05) is 0 Å². The molecule has 5 heteroatoms. The predicted octanol–water partition coefficient (Wildman–Crippen LogP) is 1.40. The third-order valence-electron chi connectivity index (χ3n) is 3.01. The number of halogens is 1. The van der Waals surface area contributed by atoms with Gasteiger partial charge in [-0.05, 0) is 26.3 Å². The van der Waals surface area contributed by atoms with Crippen molar-refractivity contribution in [3.63, 3.8) is 0 Å². The van der Waals surface area contributed by atoms with E-state index in [2.05, 4.69) is 27.2 Å². The van der Waals surface area contributed by atoms with Crippen LogP contribution in [0.3, 0.4) is 0 Å². The first-order chi connectivity index (χ1) is 7.29. The summed E-state index contributed by atoms with van der Waals surface area (Å²) >= 11 is 0. The second kappa shape index (κ2) is 6.01. The van der Waals surface area contributed by atoms with Crippen LogP contribution in [0, 0.1) is 6.92 Å². The molecular weight excluding hydrogens is 224 g/mol. The van der Waals surface area contributed by atoms with Crippen LogP contribution in [0.2, 0.25) is 0 Å². The maximum Gasteiger partial charge on any atom is 0.150 e. The molecule has 1 fully saturated rings. The van der Waals surface area contributed by atoms with Crippen LogP contribution in [0.1, 0.15) is 18.5 Å². The van der Waals surface area contributed by atoms with Crippen LogP contribution in [-0.2, 0) is 0 Å². The van der Waals surface area contributed by atoms with Crippen molar-refractivity contribution in [2.24, 2.45) is 0 Å². The molecule has 0 spiro atoms. The minimum atomic E-state index is 0. The molecule has 1 atom stereocenters. The van der Waals surface area contributed by atoms with Crippen LogP contribution in [0.25, 0.3) is 0 Å². The van der Waals surface area contributed by atoms with Gasteiger partial charge in [0.1, 0.15) is 5.82 Å². The molecule has 1 aromatic rings. The van der Waals surface area contributed by atoms with Crippen LogP contribution in [0.4, 0.5) is 5.82 Å². The first kappa shape index (κ1) is 13.2. The van der Waals surface area contributed by atoms with E-state index < -0.39 is 0 Å². The van der Waals surface area contributed by atoms with Crippen LogP contribution in [0.5, 0.6) is 0 Å². The maximum atomic E-state index is 4.39. The topological polar surface area (TPSA) is 41.1 Å². The highest BCUT2D eigenvalue weighted by Gasteiger charge is 2.19. The smallest absolute Gasteiger partial charge is 0.150 e. The lowest BCUT2D eigenvalue weighted by Crippen LogP contribution is -2.44. The molecule has 0 radical (unpaired) electrons. The molecule has 90 valence electrons. The number of nitrogens with one attached hydrogen (secondary N) is 1. The van der Waals surface area contributed by atoms with Gasteiger partial charge in [0.25, 0.3) is 0 Å². The third-order valence-corrected chi connectivity index (χ3v) is 3.01. The molecular formula is C11H19ClN4. The van der Waals surface area contributed by atoms with Crippen molar-refractivity contribution >= 4 is 18.2 Å². The summed E-state index contributed by atoms with van der Waals surface area (Å²) in [6.45, 7) is 4.20. The fourth-order valence-corrected chi connectivity index (χ4v) is 2.08. The molecule has 1 N–H and O–H groups in total. The Hall–Kier alpha value is -0.870. The molecule has 1 aliphatic heterocycles. The second-order valence-electron chi connectivity index (χ2n) is 4.08. The standard InChI is InChI=1S/C11H18N4.ClH/c1-9-11(14-7-6-13-9)15(2)10-4-3-5-12-8-10;/h6-7,10,12H,3-5,8H2,1-2H3;1H. The zero-order valence-corrected chi connectivity index (χ0v) is 10.6. The van der Waals surface area contributed by atoms with Gasteiger partial charge < -0.3 is 10.2 Å². The van der Waals surface area contributed by atoms with Crippen molar-refractivity contribution in [3.05, 3.63) is 18.1 Å². The number of aryl methyl sites for hydroxylation is 1. The Morgan fingerprint density at radius 1 is 1.38 bits per heavy atom. The Labute approximate surface area is 103 Å². The van der Waals surface area contributed by atoms with E-state index in [1.165, 1.54) is 12.8 Å². The molecule has 0 bridgehead atoms. The number of anilines is 1. The van der Waals surface area contributed by atoms with E-state index >= 15 is 0 Å². The zero-order valence-electron chi connectivity index (χ0n) is 9.81. The number of rotatable bonds is 2. The van der Waals surface area contributed by atoms with Gasteiger partial charge in [0.15, 0.2) is 0 Å². The van der Waals surface area contributed by atoms with Crippen molar-refractivity contribution < 1.29 is 0 Å². The molecule has 4 nitrogen and oxygen atoms in total. The van der Waals surface area contributed by atoms with Crippen LogP contribution in [0.15, 0.2) is 12.4 Å². The van der Waals surface area contributed by atoms with Gasteiger partial charge in [0, 0.05) is 32.0 Å². The molecule has 2 heterocycles. The van der Waals surface area contributed by atoms with Crippen molar-refractivity contribution in [3.8, 4) is 0 Å². The summed E-state index contributed by atoms with van der Waals surface area (Å²) in [7, 11) is 2.11. The minimum absolute atomic E-state index is 0. The van der Waals surface area contributed by atoms with Gasteiger partial charge in [-0.25, -0.2) is 4.98 Å². The molecule has 1 saturated heterocycles. The van der Waals surface area contributed by atoms with Gasteiger partial charge >= 0.3 is 0 Å². The number of hydrogen-bond donors (Lipinski definition) is 1. The van der Waals surface area contributed by atoms with Crippen molar-refractivity contribution in [1.82, 2.24) is 15.3 Å². The average Bonchev–Trinajstić information content (AvgIpc) is 2.30. The molecule has 0 saturated carbocycles. The van der Waals surface area contributed by atoms with Crippen LogP contribution in [-0.4, -0.2) is 36.1 Å². The third kappa shape index (κ3) is 2.83. The highest BCUT2D eigenvalue weighted by atomic mass is 35.5. The van der Waals surface area contributed by atoms with Crippen molar-refractivity contribution in [1.29, 1.82) is 0 Å². The highest BCUT2D eigenvalue weighted by molar-refractivity contribution is 5.85. The van der Waals surface area contributed by atoms with E-state index in [-0.39, 0.29) is 12.4 Å². The number of likely N-dealkylation sites (N-methyl/N-ethyl adjacent to an activating group) is 1. The molecule has 1 aromatic heterocycles. The second-order valence-corrected chi connectivity index (χ2v) is 4.08. The Kier molecular flexibility index (Phi) is 4.96. The average molecular weight is 243 g/mol. The lowest BCUT2D eigenvalue weighted by molar-refractivity contribution is 0.442. The highest BCUT2D eigenvalue weighted by Crippen LogP contribution is 2.18. The van der Waals surface area contributed by atoms with E-state index in [4.69, 9.17) is 0 Å². The lowest BCUT2D eigenvalue weighted by atomic mass is 10.1. The molecule has 2 rings (SSSR count). The monoisotopic (exact) mass is 242 g/mol. The number of aromatic nitrogens is 2. The minimum Gasteiger partial charge on any atom is -0.354 e. The van der Waals surface area contributed by atoms with E-state index in [0.29, 0.717) is 6.04 Å². The molecule has 16 heavy (non-hydrogen) atoms. The number of piperidine rings is 1. The van der Waals surface area contributed by atoms with E-state index in [0.717, 1.165) is 24.6 Å². The predicted molar refractivity (Wildman–Crippen MR) is 68.3 cm³/mol. The van der Waals surface area contributed by atoms with Gasteiger partial charge in [-0.2, -0.15) is 0 Å². The summed E-state index contributed by atoms with van der Waals surface area (Å²) in [4.78, 5) is 10.9. The summed E-state index contributed by atoms with van der Waals surface area (Å²) in [6.07, 6.45) is 5.98. The number of hydrogen-bond acceptors (Lipinski definition) is 4. The SMILES string of the molecule is Cc1nccnc1N(C)C1CCCNC1.Cl. The van der Waals surface area contributed by atoms with Gasteiger partial charge in [-0.3, -0.25) is 4.98 Å². The van der Waals surface area contributed by atoms with E-state index in [1.807, 2.05) is 6.92 Å². The number of nitrogens with zero attached hydrogens (tertiary/aromatic N) is 3. The largest absolute Gasteiger partial charge is 0.354 e. The maximum absolute atomic E-state index is 4.39. The van der Waals surface area contributed by atoms with Crippen molar-refractivity contribution in [2.75, 3.05) is 25.0 Å². The van der Waals surface area contributed by atoms with E-state index in [9.17, 15) is 0 Å². The first-order valence-electron chi connectivity index (χ1n) is 5.50. The lowest BCUT2D eigenvalue weighted by Gasteiger charge is -2.32. The summed E-state index contributed by atoms with van der Waals surface area (Å²) in [6, 6.07) is 0.550. The Bertz CT molecular complexity index is 326. The quantitative estimate of drug-likeness (QED) is 0.851. The Morgan fingerprint density at radius 2 is 2.12 bits per heavy atom. The zero-order chi connectivity index (χ0) is 10.7. The molecule has 0 aromatic carbocycles. The summed E-state index contributed by atoms with van der Waals surface area (Å²) in [5, 5.41) is 3.42. The van der Waals surface area contributed by atoms with Crippen molar-refractivity contribution in [2.45, 2.75) is 25.8 Å². The van der Waals surface area contributed by atoms with Gasteiger partial charge in [0.2, 0.25) is 0 Å². The fourth-order valence-electron chi connectivity index (χ4n) is 2.08. The molecule has 1 unspecified atom stereocenters. The van der Waals surface area contributed by atoms with Crippen LogP contribution >= 0.6 is 12.4 Å². The van der Waals surface area contributed by atoms with Gasteiger partial charge in [0.05, 0.1) is 5.69 Å². The summed E-state index contributed by atoms with van der Waals surface area (Å²) < 4.78 is 0. The normalized spacial score (nSPS) is 20.0. The van der Waals surface area contributed by atoms with Gasteiger partial charge in [-0.15, -0.1) is 12.4 Å². The summed E-state index contributed by atoms with van der Waals surface area (Å²) in [5.41, 5.74) is 1.01. The molecule has 0 amide bonds. The molecule has 0 aliphatic carbocycles.